The van der Waals surface area contributed by atoms with Crippen LogP contribution < -0.4 is 5.32 Å². The van der Waals surface area contributed by atoms with E-state index in [9.17, 15) is 0 Å². The average molecular weight is 292 g/mol. The normalized spacial score (nSPS) is 19.2. The summed E-state index contributed by atoms with van der Waals surface area (Å²) >= 11 is 1.99. The lowest BCUT2D eigenvalue weighted by Crippen LogP contribution is -2.27. The molecule has 3 heteroatoms. The second-order valence-electron chi connectivity index (χ2n) is 6.98. The predicted octanol–water partition coefficient (Wildman–Crippen LogP) is 3.87. The molecule has 2 aliphatic rings. The SMILES string of the molecule is CC(C)NCc1ccc(CN(CC2CC2)CC2CC2)s1. The third-order valence-electron chi connectivity index (χ3n) is 4.21. The standard InChI is InChI=1S/C17H28N2S/c1-13(2)18-9-16-7-8-17(20-16)12-19(10-14-3-4-14)11-15-5-6-15/h7-8,13-15,18H,3-6,9-12H2,1-2H3. The molecule has 0 aliphatic heterocycles. The highest BCUT2D eigenvalue weighted by Crippen LogP contribution is 2.34. The Morgan fingerprint density at radius 3 is 2.25 bits per heavy atom. The van der Waals surface area contributed by atoms with Gasteiger partial charge in [-0.3, -0.25) is 4.90 Å². The molecule has 0 spiro atoms. The van der Waals surface area contributed by atoms with Crippen molar-refractivity contribution in [1.29, 1.82) is 0 Å². The van der Waals surface area contributed by atoms with E-state index in [1.807, 2.05) is 11.3 Å². The molecule has 112 valence electrons. The molecule has 20 heavy (non-hydrogen) atoms. The summed E-state index contributed by atoms with van der Waals surface area (Å²) in [6.45, 7) is 9.30. The van der Waals surface area contributed by atoms with Crippen molar-refractivity contribution in [3.05, 3.63) is 21.9 Å². The maximum atomic E-state index is 3.51. The summed E-state index contributed by atoms with van der Waals surface area (Å²) in [5.74, 6) is 2.02. The van der Waals surface area contributed by atoms with Crippen LogP contribution in [-0.2, 0) is 13.1 Å². The van der Waals surface area contributed by atoms with E-state index in [1.54, 1.807) is 4.88 Å². The second kappa shape index (κ2) is 6.59. The van der Waals surface area contributed by atoms with E-state index in [1.165, 1.54) is 50.2 Å². The van der Waals surface area contributed by atoms with Crippen LogP contribution in [0.3, 0.4) is 0 Å². The minimum atomic E-state index is 0.571. The van der Waals surface area contributed by atoms with Crippen molar-refractivity contribution in [2.24, 2.45) is 11.8 Å². The van der Waals surface area contributed by atoms with E-state index < -0.39 is 0 Å². The maximum Gasteiger partial charge on any atom is 0.0328 e. The largest absolute Gasteiger partial charge is 0.310 e. The highest BCUT2D eigenvalue weighted by Gasteiger charge is 2.29. The highest BCUT2D eigenvalue weighted by molar-refractivity contribution is 7.11. The molecule has 1 heterocycles. The highest BCUT2D eigenvalue weighted by atomic mass is 32.1. The summed E-state index contributed by atoms with van der Waals surface area (Å²) in [6, 6.07) is 5.22. The van der Waals surface area contributed by atoms with Gasteiger partial charge in [0.1, 0.15) is 0 Å². The third-order valence-corrected chi connectivity index (χ3v) is 5.28. The molecule has 1 N–H and O–H groups in total. The van der Waals surface area contributed by atoms with Gasteiger partial charge in [0.05, 0.1) is 0 Å². The summed E-state index contributed by atoms with van der Waals surface area (Å²) in [5, 5.41) is 3.51. The molecule has 1 aromatic heterocycles. The average Bonchev–Trinajstić information content (AvgIpc) is 3.31. The number of nitrogens with zero attached hydrogens (tertiary/aromatic N) is 1. The van der Waals surface area contributed by atoms with Crippen molar-refractivity contribution in [2.45, 2.75) is 58.7 Å². The molecule has 0 amide bonds. The lowest BCUT2D eigenvalue weighted by atomic mass is 10.3. The maximum absolute atomic E-state index is 3.51. The van der Waals surface area contributed by atoms with Gasteiger partial charge in [0, 0.05) is 42.0 Å². The van der Waals surface area contributed by atoms with Crippen molar-refractivity contribution in [3.8, 4) is 0 Å². The van der Waals surface area contributed by atoms with Crippen LogP contribution in [0.1, 0.15) is 49.3 Å². The van der Waals surface area contributed by atoms with E-state index in [-0.39, 0.29) is 0 Å². The van der Waals surface area contributed by atoms with Crippen molar-refractivity contribution in [2.75, 3.05) is 13.1 Å². The van der Waals surface area contributed by atoms with Crippen LogP contribution in [0.15, 0.2) is 12.1 Å². The topological polar surface area (TPSA) is 15.3 Å². The van der Waals surface area contributed by atoms with Crippen LogP contribution in [0.5, 0.6) is 0 Å². The molecule has 0 aromatic carbocycles. The zero-order chi connectivity index (χ0) is 13.9. The molecule has 0 bridgehead atoms. The summed E-state index contributed by atoms with van der Waals surface area (Å²) in [5.41, 5.74) is 0. The van der Waals surface area contributed by atoms with E-state index >= 15 is 0 Å². The molecule has 2 nitrogen and oxygen atoms in total. The number of rotatable bonds is 9. The van der Waals surface area contributed by atoms with Gasteiger partial charge in [-0.25, -0.2) is 0 Å². The Bertz CT molecular complexity index is 404. The van der Waals surface area contributed by atoms with Crippen LogP contribution in [0, 0.1) is 11.8 Å². The van der Waals surface area contributed by atoms with E-state index in [2.05, 4.69) is 36.2 Å². The molecular weight excluding hydrogens is 264 g/mol. The van der Waals surface area contributed by atoms with Gasteiger partial charge < -0.3 is 5.32 Å². The summed E-state index contributed by atoms with van der Waals surface area (Å²) in [4.78, 5) is 5.75. The minimum absolute atomic E-state index is 0.571. The summed E-state index contributed by atoms with van der Waals surface area (Å²) in [6.07, 6.45) is 5.87. The molecule has 0 unspecified atom stereocenters. The van der Waals surface area contributed by atoms with E-state index in [4.69, 9.17) is 0 Å². The van der Waals surface area contributed by atoms with Crippen molar-refractivity contribution in [1.82, 2.24) is 10.2 Å². The third kappa shape index (κ3) is 4.87. The first-order chi connectivity index (χ1) is 9.69. The molecule has 2 fully saturated rings. The number of nitrogens with one attached hydrogen (secondary N) is 1. The second-order valence-corrected chi connectivity index (χ2v) is 8.24. The molecule has 2 aliphatic carbocycles. The first kappa shape index (κ1) is 14.6. The first-order valence-corrected chi connectivity index (χ1v) is 9.04. The van der Waals surface area contributed by atoms with Crippen molar-refractivity contribution in [3.63, 3.8) is 0 Å². The van der Waals surface area contributed by atoms with Crippen molar-refractivity contribution >= 4 is 11.3 Å². The predicted molar refractivity (Wildman–Crippen MR) is 87.0 cm³/mol. The van der Waals surface area contributed by atoms with Crippen LogP contribution >= 0.6 is 11.3 Å². The molecule has 0 atom stereocenters. The Hall–Kier alpha value is -0.380. The van der Waals surface area contributed by atoms with Gasteiger partial charge in [0.15, 0.2) is 0 Å². The van der Waals surface area contributed by atoms with Gasteiger partial charge in [-0.1, -0.05) is 13.8 Å². The lowest BCUT2D eigenvalue weighted by molar-refractivity contribution is 0.246. The van der Waals surface area contributed by atoms with Crippen molar-refractivity contribution < 1.29 is 0 Å². The minimum Gasteiger partial charge on any atom is -0.310 e. The molecule has 2 saturated carbocycles. The quantitative estimate of drug-likeness (QED) is 0.743. The Kier molecular flexibility index (Phi) is 4.79. The summed E-state index contributed by atoms with van der Waals surface area (Å²) < 4.78 is 0. The monoisotopic (exact) mass is 292 g/mol. The molecule has 1 aromatic rings. The number of hydrogen-bond donors (Lipinski definition) is 1. The van der Waals surface area contributed by atoms with Gasteiger partial charge in [0.2, 0.25) is 0 Å². The Morgan fingerprint density at radius 2 is 1.70 bits per heavy atom. The van der Waals surface area contributed by atoms with Gasteiger partial charge in [0.25, 0.3) is 0 Å². The van der Waals surface area contributed by atoms with E-state index in [0.717, 1.165) is 18.4 Å². The fourth-order valence-electron chi connectivity index (χ4n) is 2.66. The fraction of sp³-hybridized carbons (Fsp3) is 0.765. The van der Waals surface area contributed by atoms with Gasteiger partial charge in [-0.05, 0) is 49.7 Å². The van der Waals surface area contributed by atoms with Crippen LogP contribution in [0.25, 0.3) is 0 Å². The lowest BCUT2D eigenvalue weighted by Gasteiger charge is -2.21. The Labute approximate surface area is 127 Å². The number of hydrogen-bond acceptors (Lipinski definition) is 3. The molecule has 3 rings (SSSR count). The Balaban J connectivity index is 1.50. The first-order valence-electron chi connectivity index (χ1n) is 8.22. The molecular formula is C17H28N2S. The fourth-order valence-corrected chi connectivity index (χ4v) is 3.67. The van der Waals surface area contributed by atoms with E-state index in [0.29, 0.717) is 6.04 Å². The van der Waals surface area contributed by atoms with Gasteiger partial charge >= 0.3 is 0 Å². The zero-order valence-electron chi connectivity index (χ0n) is 12.9. The van der Waals surface area contributed by atoms with Crippen LogP contribution in [0.2, 0.25) is 0 Å². The number of thiophene rings is 1. The zero-order valence-corrected chi connectivity index (χ0v) is 13.7. The van der Waals surface area contributed by atoms with Gasteiger partial charge in [-0.15, -0.1) is 11.3 Å². The van der Waals surface area contributed by atoms with Crippen LogP contribution in [0.4, 0.5) is 0 Å². The Morgan fingerprint density at radius 1 is 1.10 bits per heavy atom. The molecule has 0 saturated heterocycles. The summed E-state index contributed by atoms with van der Waals surface area (Å²) in [7, 11) is 0. The van der Waals surface area contributed by atoms with Crippen LogP contribution in [-0.4, -0.2) is 24.0 Å². The smallest absolute Gasteiger partial charge is 0.0328 e. The van der Waals surface area contributed by atoms with Gasteiger partial charge in [-0.2, -0.15) is 0 Å². The molecule has 0 radical (unpaired) electrons.